The van der Waals surface area contributed by atoms with Crippen molar-refractivity contribution in [3.05, 3.63) is 47.7 Å². The van der Waals surface area contributed by atoms with E-state index in [1.54, 1.807) is 0 Å². The molecule has 3 rings (SSSR count). The molecular formula is C19H27ClN6. The molecule has 1 aromatic heterocycles. The zero-order valence-corrected chi connectivity index (χ0v) is 16.2. The van der Waals surface area contributed by atoms with Crippen LogP contribution in [0.2, 0.25) is 5.02 Å². The van der Waals surface area contributed by atoms with Crippen molar-refractivity contribution in [2.45, 2.75) is 25.9 Å². The number of hydrogen-bond donors (Lipinski definition) is 2. The fourth-order valence-electron chi connectivity index (χ4n) is 3.24. The first kappa shape index (κ1) is 18.6. The summed E-state index contributed by atoms with van der Waals surface area (Å²) < 4.78 is 1.96. The van der Waals surface area contributed by atoms with Gasteiger partial charge in [-0.1, -0.05) is 24.6 Å². The van der Waals surface area contributed by atoms with Crippen molar-refractivity contribution in [1.29, 1.82) is 0 Å². The molecule has 1 aromatic carbocycles. The van der Waals surface area contributed by atoms with Gasteiger partial charge in [0, 0.05) is 62.4 Å². The third-order valence-corrected chi connectivity index (χ3v) is 4.84. The second-order valence-electron chi connectivity index (χ2n) is 6.84. The molecule has 2 aromatic rings. The molecule has 0 aliphatic carbocycles. The van der Waals surface area contributed by atoms with Gasteiger partial charge in [-0.25, -0.2) is 0 Å². The molecule has 140 valence electrons. The van der Waals surface area contributed by atoms with Gasteiger partial charge in [-0.2, -0.15) is 5.10 Å². The lowest BCUT2D eigenvalue weighted by Crippen LogP contribution is -2.46. The number of rotatable bonds is 6. The van der Waals surface area contributed by atoms with Crippen molar-refractivity contribution >= 4 is 23.2 Å². The molecule has 7 heteroatoms. The summed E-state index contributed by atoms with van der Waals surface area (Å²) in [6.07, 6.45) is 4.88. The summed E-state index contributed by atoms with van der Waals surface area (Å²) in [5, 5.41) is 12.0. The molecule has 2 N–H and O–H groups in total. The molecule has 1 aliphatic heterocycles. The SMILES string of the molecule is CN=C(NCC(C)Cn1cccn1)NC1CCN(c2cccc(Cl)c2)C1. The second kappa shape index (κ2) is 8.94. The van der Waals surface area contributed by atoms with Gasteiger partial charge in [0.05, 0.1) is 0 Å². The zero-order chi connectivity index (χ0) is 18.4. The number of aromatic nitrogens is 2. The number of nitrogens with one attached hydrogen (secondary N) is 2. The Morgan fingerprint density at radius 1 is 1.42 bits per heavy atom. The molecule has 0 spiro atoms. The van der Waals surface area contributed by atoms with Crippen molar-refractivity contribution < 1.29 is 0 Å². The van der Waals surface area contributed by atoms with Crippen LogP contribution < -0.4 is 15.5 Å². The molecule has 2 unspecified atom stereocenters. The van der Waals surface area contributed by atoms with Crippen LogP contribution in [0.3, 0.4) is 0 Å². The van der Waals surface area contributed by atoms with Crippen LogP contribution in [0.15, 0.2) is 47.7 Å². The van der Waals surface area contributed by atoms with Crippen molar-refractivity contribution in [3.8, 4) is 0 Å². The lowest BCUT2D eigenvalue weighted by molar-refractivity contribution is 0.442. The second-order valence-corrected chi connectivity index (χ2v) is 7.28. The van der Waals surface area contributed by atoms with E-state index in [-0.39, 0.29) is 0 Å². The number of guanidine groups is 1. The first-order valence-electron chi connectivity index (χ1n) is 9.09. The number of anilines is 1. The number of benzene rings is 1. The Hall–Kier alpha value is -2.21. The van der Waals surface area contributed by atoms with Crippen molar-refractivity contribution in [2.75, 3.05) is 31.6 Å². The Kier molecular flexibility index (Phi) is 6.39. The van der Waals surface area contributed by atoms with E-state index in [4.69, 9.17) is 11.6 Å². The van der Waals surface area contributed by atoms with E-state index in [1.807, 2.05) is 48.4 Å². The fourth-order valence-corrected chi connectivity index (χ4v) is 3.42. The van der Waals surface area contributed by atoms with E-state index in [0.29, 0.717) is 12.0 Å². The van der Waals surface area contributed by atoms with E-state index in [2.05, 4.69) is 38.6 Å². The topological polar surface area (TPSA) is 57.5 Å². The van der Waals surface area contributed by atoms with Gasteiger partial charge in [-0.15, -0.1) is 0 Å². The third-order valence-electron chi connectivity index (χ3n) is 4.60. The Bertz CT molecular complexity index is 715. The quantitative estimate of drug-likeness (QED) is 0.602. The first-order chi connectivity index (χ1) is 12.6. The minimum absolute atomic E-state index is 0.376. The lowest BCUT2D eigenvalue weighted by Gasteiger charge is -2.21. The van der Waals surface area contributed by atoms with Crippen molar-refractivity contribution in [2.24, 2.45) is 10.9 Å². The number of aliphatic imine (C=N–C) groups is 1. The highest BCUT2D eigenvalue weighted by Gasteiger charge is 2.23. The van der Waals surface area contributed by atoms with E-state index < -0.39 is 0 Å². The summed E-state index contributed by atoms with van der Waals surface area (Å²) in [6, 6.07) is 10.4. The van der Waals surface area contributed by atoms with Crippen LogP contribution in [0, 0.1) is 5.92 Å². The van der Waals surface area contributed by atoms with Crippen LogP contribution >= 0.6 is 11.6 Å². The molecule has 1 fully saturated rings. The van der Waals surface area contributed by atoms with Gasteiger partial charge in [0.15, 0.2) is 5.96 Å². The number of nitrogens with zero attached hydrogens (tertiary/aromatic N) is 4. The maximum Gasteiger partial charge on any atom is 0.191 e. The molecular weight excluding hydrogens is 348 g/mol. The van der Waals surface area contributed by atoms with Crippen LogP contribution in [-0.4, -0.2) is 48.5 Å². The zero-order valence-electron chi connectivity index (χ0n) is 15.4. The highest BCUT2D eigenvalue weighted by Crippen LogP contribution is 2.23. The standard InChI is InChI=1S/C19H27ClN6/c1-15(13-26-9-4-8-23-26)12-22-19(21-2)24-17-7-10-25(14-17)18-6-3-5-16(20)11-18/h3-6,8-9,11,15,17H,7,10,12-14H2,1-2H3,(H2,21,22,24). The van der Waals surface area contributed by atoms with Crippen LogP contribution in [0.1, 0.15) is 13.3 Å². The van der Waals surface area contributed by atoms with E-state index >= 15 is 0 Å². The largest absolute Gasteiger partial charge is 0.369 e. The van der Waals surface area contributed by atoms with Crippen LogP contribution in [-0.2, 0) is 6.54 Å². The third kappa shape index (κ3) is 5.14. The highest BCUT2D eigenvalue weighted by atomic mass is 35.5. The Morgan fingerprint density at radius 2 is 2.31 bits per heavy atom. The number of halogens is 1. The van der Waals surface area contributed by atoms with Gasteiger partial charge in [0.1, 0.15) is 0 Å². The summed E-state index contributed by atoms with van der Waals surface area (Å²) in [5.74, 6) is 1.32. The molecule has 0 saturated carbocycles. The minimum atomic E-state index is 0.376. The van der Waals surface area contributed by atoms with Crippen molar-refractivity contribution in [3.63, 3.8) is 0 Å². The normalized spacial score (nSPS) is 18.8. The Balaban J connectivity index is 1.45. The van der Waals surface area contributed by atoms with Gasteiger partial charge < -0.3 is 15.5 Å². The van der Waals surface area contributed by atoms with Gasteiger partial charge in [-0.05, 0) is 36.6 Å². The van der Waals surface area contributed by atoms with E-state index in [9.17, 15) is 0 Å². The van der Waals surface area contributed by atoms with Crippen molar-refractivity contribution in [1.82, 2.24) is 20.4 Å². The summed E-state index contributed by atoms with van der Waals surface area (Å²) in [4.78, 5) is 6.72. The van der Waals surface area contributed by atoms with Gasteiger partial charge in [0.25, 0.3) is 0 Å². The number of hydrogen-bond acceptors (Lipinski definition) is 3. The Labute approximate surface area is 160 Å². The van der Waals surface area contributed by atoms with Gasteiger partial charge in [0.2, 0.25) is 0 Å². The monoisotopic (exact) mass is 374 g/mol. The smallest absolute Gasteiger partial charge is 0.191 e. The predicted molar refractivity (Wildman–Crippen MR) is 108 cm³/mol. The summed E-state index contributed by atoms with van der Waals surface area (Å²) in [6.45, 7) is 5.92. The first-order valence-corrected chi connectivity index (χ1v) is 9.47. The highest BCUT2D eigenvalue weighted by molar-refractivity contribution is 6.30. The molecule has 1 aliphatic rings. The predicted octanol–water partition coefficient (Wildman–Crippen LogP) is 2.62. The molecule has 0 radical (unpaired) electrons. The summed E-state index contributed by atoms with van der Waals surface area (Å²) >= 11 is 6.11. The molecule has 6 nitrogen and oxygen atoms in total. The summed E-state index contributed by atoms with van der Waals surface area (Å²) in [7, 11) is 1.82. The van der Waals surface area contributed by atoms with Gasteiger partial charge in [-0.3, -0.25) is 9.67 Å². The van der Waals surface area contributed by atoms with E-state index in [1.165, 1.54) is 5.69 Å². The van der Waals surface area contributed by atoms with Crippen LogP contribution in [0.4, 0.5) is 5.69 Å². The maximum absolute atomic E-state index is 6.11. The van der Waals surface area contributed by atoms with E-state index in [0.717, 1.165) is 43.6 Å². The average Bonchev–Trinajstić information content (AvgIpc) is 3.30. The van der Waals surface area contributed by atoms with Crippen LogP contribution in [0.5, 0.6) is 0 Å². The van der Waals surface area contributed by atoms with Gasteiger partial charge >= 0.3 is 0 Å². The molecule has 2 atom stereocenters. The molecule has 0 bridgehead atoms. The fraction of sp³-hybridized carbons (Fsp3) is 0.474. The minimum Gasteiger partial charge on any atom is -0.369 e. The lowest BCUT2D eigenvalue weighted by atomic mass is 10.2. The molecule has 1 saturated heterocycles. The van der Waals surface area contributed by atoms with Crippen LogP contribution in [0.25, 0.3) is 0 Å². The molecule has 0 amide bonds. The average molecular weight is 375 g/mol. The Morgan fingerprint density at radius 3 is 3.04 bits per heavy atom. The molecule has 26 heavy (non-hydrogen) atoms. The maximum atomic E-state index is 6.11. The summed E-state index contributed by atoms with van der Waals surface area (Å²) in [5.41, 5.74) is 1.18. The molecule has 2 heterocycles.